The van der Waals surface area contributed by atoms with Gasteiger partial charge in [-0.2, -0.15) is 4.31 Å². The summed E-state index contributed by atoms with van der Waals surface area (Å²) in [6.45, 7) is 0.0450. The zero-order valence-corrected chi connectivity index (χ0v) is 20.9. The lowest BCUT2D eigenvalue weighted by Crippen LogP contribution is -2.50. The van der Waals surface area contributed by atoms with Crippen LogP contribution in [0.2, 0.25) is 0 Å². The van der Waals surface area contributed by atoms with Crippen LogP contribution in [0.1, 0.15) is 22.1 Å². The topological polar surface area (TPSA) is 66.9 Å². The highest BCUT2D eigenvalue weighted by Crippen LogP contribution is 2.49. The number of fused-ring (bicyclic) bond motifs is 1. The van der Waals surface area contributed by atoms with Crippen LogP contribution in [0.3, 0.4) is 0 Å². The van der Waals surface area contributed by atoms with E-state index in [4.69, 9.17) is 4.74 Å². The molecule has 2 aliphatic heterocycles. The summed E-state index contributed by atoms with van der Waals surface area (Å²) in [4.78, 5) is 16.5. The predicted molar refractivity (Wildman–Crippen MR) is 142 cm³/mol. The highest BCUT2D eigenvalue weighted by molar-refractivity contribution is 7.89. The molecule has 0 radical (unpaired) electrons. The molecular weight excluding hydrogens is 484 g/mol. The fourth-order valence-electron chi connectivity index (χ4n) is 5.42. The Balaban J connectivity index is 1.50. The van der Waals surface area contributed by atoms with E-state index < -0.39 is 27.9 Å². The van der Waals surface area contributed by atoms with Gasteiger partial charge in [0.25, 0.3) is 0 Å². The number of rotatable bonds is 6. The lowest BCUT2D eigenvalue weighted by atomic mass is 9.88. The molecule has 4 aromatic rings. The molecule has 6 nitrogen and oxygen atoms in total. The number of ketones is 1. The molecule has 1 unspecified atom stereocenters. The summed E-state index contributed by atoms with van der Waals surface area (Å²) in [6, 6.07) is 36.3. The molecule has 3 atom stereocenters. The SMILES string of the molecule is O=C(c1ccccc1)[C@]12CN(S(=O)(=O)c3ccccc3)C[C@H]1N(c1ccccc1)C(c1ccccc1)O2. The maximum Gasteiger partial charge on any atom is 0.243 e. The van der Waals surface area contributed by atoms with Gasteiger partial charge in [0.05, 0.1) is 17.5 Å². The minimum absolute atomic E-state index is 0.0741. The molecule has 37 heavy (non-hydrogen) atoms. The minimum Gasteiger partial charge on any atom is -0.336 e. The Morgan fingerprint density at radius 3 is 1.92 bits per heavy atom. The number of benzene rings is 4. The van der Waals surface area contributed by atoms with Crippen LogP contribution in [-0.2, 0) is 14.8 Å². The van der Waals surface area contributed by atoms with Gasteiger partial charge in [-0.05, 0) is 24.3 Å². The smallest absolute Gasteiger partial charge is 0.243 e. The van der Waals surface area contributed by atoms with E-state index in [1.54, 1.807) is 42.5 Å². The van der Waals surface area contributed by atoms with Gasteiger partial charge in [0.2, 0.25) is 10.0 Å². The van der Waals surface area contributed by atoms with Crippen LogP contribution in [-0.4, -0.2) is 43.2 Å². The van der Waals surface area contributed by atoms with Gasteiger partial charge in [0, 0.05) is 23.4 Å². The zero-order valence-electron chi connectivity index (χ0n) is 20.1. The van der Waals surface area contributed by atoms with E-state index in [1.165, 1.54) is 4.31 Å². The molecule has 186 valence electrons. The number of nitrogens with zero attached hydrogens (tertiary/aromatic N) is 2. The molecule has 2 heterocycles. The van der Waals surface area contributed by atoms with Gasteiger partial charge in [-0.15, -0.1) is 0 Å². The Hall–Kier alpha value is -3.78. The third-order valence-corrected chi connectivity index (χ3v) is 9.00. The third-order valence-electron chi connectivity index (χ3n) is 7.18. The van der Waals surface area contributed by atoms with E-state index in [0.29, 0.717) is 5.56 Å². The fourth-order valence-corrected chi connectivity index (χ4v) is 6.92. The summed E-state index contributed by atoms with van der Waals surface area (Å²) in [6.07, 6.45) is -0.553. The van der Waals surface area contributed by atoms with Crippen LogP contribution >= 0.6 is 0 Å². The number of sulfonamides is 1. The number of carbonyl (C=O) groups is 1. The highest BCUT2D eigenvalue weighted by atomic mass is 32.2. The average Bonchev–Trinajstić information content (AvgIpc) is 3.50. The summed E-state index contributed by atoms with van der Waals surface area (Å²) in [5.41, 5.74) is 0.870. The van der Waals surface area contributed by atoms with E-state index in [-0.39, 0.29) is 23.8 Å². The lowest BCUT2D eigenvalue weighted by molar-refractivity contribution is -0.0211. The Labute approximate surface area is 216 Å². The van der Waals surface area contributed by atoms with Crippen LogP contribution in [0.4, 0.5) is 5.69 Å². The molecule has 0 spiro atoms. The molecule has 0 bridgehead atoms. The van der Waals surface area contributed by atoms with E-state index >= 15 is 0 Å². The number of ether oxygens (including phenoxy) is 1. The molecular formula is C30H26N2O4S. The van der Waals surface area contributed by atoms with Crippen molar-refractivity contribution in [2.24, 2.45) is 0 Å². The fraction of sp³-hybridized carbons (Fsp3) is 0.167. The number of hydrogen-bond donors (Lipinski definition) is 0. The second-order valence-corrected chi connectivity index (χ2v) is 11.3. The Morgan fingerprint density at radius 2 is 1.30 bits per heavy atom. The Bertz CT molecular complexity index is 1500. The van der Waals surface area contributed by atoms with Crippen LogP contribution in [0.5, 0.6) is 0 Å². The summed E-state index contributed by atoms with van der Waals surface area (Å²) >= 11 is 0. The number of anilines is 1. The van der Waals surface area contributed by atoms with Crippen LogP contribution in [0.25, 0.3) is 0 Å². The molecule has 2 fully saturated rings. The second kappa shape index (κ2) is 9.27. The zero-order chi connectivity index (χ0) is 25.5. The van der Waals surface area contributed by atoms with Crippen molar-refractivity contribution in [2.75, 3.05) is 18.0 Å². The van der Waals surface area contributed by atoms with Gasteiger partial charge in [-0.25, -0.2) is 8.42 Å². The predicted octanol–water partition coefficient (Wildman–Crippen LogP) is 4.92. The van der Waals surface area contributed by atoms with Crippen molar-refractivity contribution in [1.82, 2.24) is 4.31 Å². The lowest BCUT2D eigenvalue weighted by Gasteiger charge is -2.31. The summed E-state index contributed by atoms with van der Waals surface area (Å²) in [5.74, 6) is -0.219. The first-order valence-electron chi connectivity index (χ1n) is 12.2. The van der Waals surface area contributed by atoms with Crippen molar-refractivity contribution in [1.29, 1.82) is 0 Å². The molecule has 2 saturated heterocycles. The molecule has 6 rings (SSSR count). The average molecular weight is 511 g/mol. The maximum atomic E-state index is 14.2. The van der Waals surface area contributed by atoms with Gasteiger partial charge in [-0.3, -0.25) is 4.79 Å². The maximum absolute atomic E-state index is 14.2. The van der Waals surface area contributed by atoms with E-state index in [1.807, 2.05) is 78.9 Å². The number of para-hydroxylation sites is 1. The van der Waals surface area contributed by atoms with Crippen LogP contribution in [0, 0.1) is 0 Å². The molecule has 0 saturated carbocycles. The minimum atomic E-state index is -3.85. The van der Waals surface area contributed by atoms with Crippen molar-refractivity contribution in [3.05, 3.63) is 132 Å². The molecule has 0 aromatic heterocycles. The van der Waals surface area contributed by atoms with Crippen molar-refractivity contribution in [3.8, 4) is 0 Å². The van der Waals surface area contributed by atoms with E-state index in [2.05, 4.69) is 4.90 Å². The molecule has 7 heteroatoms. The molecule has 0 N–H and O–H groups in total. The molecule has 2 aliphatic rings. The first-order chi connectivity index (χ1) is 18.0. The Kier molecular flexibility index (Phi) is 5.91. The summed E-state index contributed by atoms with van der Waals surface area (Å²) in [5, 5.41) is 0. The molecule has 0 aliphatic carbocycles. The number of carbonyl (C=O) groups excluding carboxylic acids is 1. The van der Waals surface area contributed by atoms with Gasteiger partial charge < -0.3 is 9.64 Å². The summed E-state index contributed by atoms with van der Waals surface area (Å²) < 4.78 is 35.6. The molecule has 0 amide bonds. The highest BCUT2D eigenvalue weighted by Gasteiger charge is 2.64. The van der Waals surface area contributed by atoms with Gasteiger partial charge >= 0.3 is 0 Å². The Morgan fingerprint density at radius 1 is 0.757 bits per heavy atom. The standard InChI is InChI=1S/C30H26N2O4S/c33-28(23-13-5-1-6-14-23)30-22-31(37(34,35)26-19-11-4-12-20-26)21-27(30)32(25-17-9-3-10-18-25)29(36-30)24-15-7-2-8-16-24/h1-20,27,29H,21-22H2/t27-,29?,30+/m1/s1. The van der Waals surface area contributed by atoms with Crippen molar-refractivity contribution >= 4 is 21.5 Å². The number of Topliss-reactive ketones (excluding diaryl/α,β-unsaturated/α-hetero) is 1. The van der Waals surface area contributed by atoms with Crippen molar-refractivity contribution in [3.63, 3.8) is 0 Å². The first kappa shape index (κ1) is 23.6. The van der Waals surface area contributed by atoms with Gasteiger partial charge in [-0.1, -0.05) is 97.1 Å². The second-order valence-electron chi connectivity index (χ2n) is 9.33. The quantitative estimate of drug-likeness (QED) is 0.345. The van der Waals surface area contributed by atoms with E-state index in [0.717, 1.165) is 11.3 Å². The monoisotopic (exact) mass is 510 g/mol. The van der Waals surface area contributed by atoms with Crippen LogP contribution in [0.15, 0.2) is 126 Å². The van der Waals surface area contributed by atoms with E-state index in [9.17, 15) is 13.2 Å². The van der Waals surface area contributed by atoms with Crippen molar-refractivity contribution in [2.45, 2.75) is 22.8 Å². The van der Waals surface area contributed by atoms with Gasteiger partial charge in [0.15, 0.2) is 17.6 Å². The van der Waals surface area contributed by atoms with Crippen LogP contribution < -0.4 is 4.90 Å². The van der Waals surface area contributed by atoms with Gasteiger partial charge in [0.1, 0.15) is 0 Å². The largest absolute Gasteiger partial charge is 0.336 e. The number of hydrogen-bond acceptors (Lipinski definition) is 5. The normalized spacial score (nSPS) is 23.6. The summed E-state index contributed by atoms with van der Waals surface area (Å²) in [7, 11) is -3.85. The van der Waals surface area contributed by atoms with Crippen molar-refractivity contribution < 1.29 is 17.9 Å². The molecule has 4 aromatic carbocycles. The third kappa shape index (κ3) is 3.96. The first-order valence-corrected chi connectivity index (χ1v) is 13.7.